The van der Waals surface area contributed by atoms with Crippen LogP contribution in [0, 0.1) is 12.8 Å². The van der Waals surface area contributed by atoms with Gasteiger partial charge in [0.05, 0.1) is 5.52 Å². The summed E-state index contributed by atoms with van der Waals surface area (Å²) in [7, 11) is 0. The van der Waals surface area contributed by atoms with Crippen LogP contribution in [0.3, 0.4) is 0 Å². The van der Waals surface area contributed by atoms with Crippen LogP contribution >= 0.6 is 0 Å². The Kier molecular flexibility index (Phi) is 2.50. The molecule has 0 spiro atoms. The van der Waals surface area contributed by atoms with E-state index in [9.17, 15) is 0 Å². The Balaban J connectivity index is 1.99. The summed E-state index contributed by atoms with van der Waals surface area (Å²) in [5.74, 6) is 1.91. The van der Waals surface area contributed by atoms with Crippen molar-refractivity contribution in [3.05, 3.63) is 18.1 Å². The van der Waals surface area contributed by atoms with Gasteiger partial charge in [0, 0.05) is 18.8 Å². The van der Waals surface area contributed by atoms with Gasteiger partial charge in [0.2, 0.25) is 0 Å². The number of anilines is 1. The minimum atomic E-state index is 0.842. The maximum atomic E-state index is 4.45. The van der Waals surface area contributed by atoms with Crippen LogP contribution in [0.25, 0.3) is 11.0 Å². The van der Waals surface area contributed by atoms with Gasteiger partial charge in [0.15, 0.2) is 5.82 Å². The molecule has 0 unspecified atom stereocenters. The molecule has 2 aromatic heterocycles. The van der Waals surface area contributed by atoms with Crippen LogP contribution in [0.1, 0.15) is 25.5 Å². The fraction of sp³-hybridized carbons (Fsp3) is 0.538. The highest BCUT2D eigenvalue weighted by molar-refractivity contribution is 5.86. The van der Waals surface area contributed by atoms with E-state index < -0.39 is 0 Å². The third-order valence-corrected chi connectivity index (χ3v) is 3.62. The normalized spacial score (nSPS) is 17.9. The molecule has 3 rings (SSSR count). The van der Waals surface area contributed by atoms with Crippen LogP contribution in [-0.4, -0.2) is 28.0 Å². The van der Waals surface area contributed by atoms with Crippen LogP contribution in [-0.2, 0) is 0 Å². The molecule has 4 heteroatoms. The van der Waals surface area contributed by atoms with Crippen molar-refractivity contribution < 1.29 is 0 Å². The standard InChI is InChI=1S/C13H18N4/c1-9-3-5-17(6-4-9)13-12-11(14-8-15-13)7-10(2)16-12/h7-9,16H,3-6H2,1-2H3. The number of H-pyrrole nitrogens is 1. The lowest BCUT2D eigenvalue weighted by Gasteiger charge is -2.31. The molecule has 0 saturated carbocycles. The van der Waals surface area contributed by atoms with Gasteiger partial charge in [-0.15, -0.1) is 0 Å². The third kappa shape index (κ3) is 1.88. The zero-order chi connectivity index (χ0) is 11.8. The molecule has 0 bridgehead atoms. The van der Waals surface area contributed by atoms with E-state index in [0.717, 1.165) is 41.6 Å². The Bertz CT molecular complexity index is 523. The number of nitrogens with zero attached hydrogens (tertiary/aromatic N) is 3. The number of nitrogens with one attached hydrogen (secondary N) is 1. The monoisotopic (exact) mass is 230 g/mol. The zero-order valence-electron chi connectivity index (χ0n) is 10.4. The van der Waals surface area contributed by atoms with Gasteiger partial charge in [-0.2, -0.15) is 0 Å². The van der Waals surface area contributed by atoms with Gasteiger partial charge in [-0.05, 0) is 31.7 Å². The van der Waals surface area contributed by atoms with E-state index in [0.29, 0.717) is 0 Å². The fourth-order valence-corrected chi connectivity index (χ4v) is 2.52. The number of piperidine rings is 1. The number of aromatic amines is 1. The maximum Gasteiger partial charge on any atom is 0.156 e. The molecule has 1 aliphatic heterocycles. The lowest BCUT2D eigenvalue weighted by atomic mass is 9.99. The minimum Gasteiger partial charge on any atom is -0.355 e. The molecule has 2 aromatic rings. The molecule has 0 amide bonds. The van der Waals surface area contributed by atoms with Crippen molar-refractivity contribution >= 4 is 16.9 Å². The van der Waals surface area contributed by atoms with Crippen molar-refractivity contribution in [3.63, 3.8) is 0 Å². The fourth-order valence-electron chi connectivity index (χ4n) is 2.52. The number of rotatable bonds is 1. The second-order valence-electron chi connectivity index (χ2n) is 5.08. The van der Waals surface area contributed by atoms with E-state index in [-0.39, 0.29) is 0 Å². The first-order valence-corrected chi connectivity index (χ1v) is 6.29. The summed E-state index contributed by atoms with van der Waals surface area (Å²) in [6.07, 6.45) is 4.18. The molecule has 17 heavy (non-hydrogen) atoms. The average Bonchev–Trinajstić information content (AvgIpc) is 2.70. The molecule has 1 saturated heterocycles. The van der Waals surface area contributed by atoms with Crippen LogP contribution < -0.4 is 4.90 Å². The first kappa shape index (κ1) is 10.6. The summed E-state index contributed by atoms with van der Waals surface area (Å²) in [5.41, 5.74) is 3.25. The van der Waals surface area contributed by atoms with Crippen molar-refractivity contribution in [2.24, 2.45) is 5.92 Å². The maximum absolute atomic E-state index is 4.45. The Morgan fingerprint density at radius 1 is 1.29 bits per heavy atom. The van der Waals surface area contributed by atoms with Gasteiger partial charge in [0.1, 0.15) is 11.8 Å². The molecule has 4 nitrogen and oxygen atoms in total. The van der Waals surface area contributed by atoms with E-state index in [1.165, 1.54) is 12.8 Å². The Morgan fingerprint density at radius 2 is 2.06 bits per heavy atom. The first-order valence-electron chi connectivity index (χ1n) is 6.29. The summed E-state index contributed by atoms with van der Waals surface area (Å²) < 4.78 is 0. The van der Waals surface area contributed by atoms with Gasteiger partial charge in [-0.25, -0.2) is 9.97 Å². The predicted molar refractivity (Wildman–Crippen MR) is 69.2 cm³/mol. The Morgan fingerprint density at radius 3 is 2.82 bits per heavy atom. The molecule has 90 valence electrons. The topological polar surface area (TPSA) is 44.8 Å². The van der Waals surface area contributed by atoms with E-state index >= 15 is 0 Å². The van der Waals surface area contributed by atoms with Crippen LogP contribution in [0.4, 0.5) is 5.82 Å². The van der Waals surface area contributed by atoms with Crippen molar-refractivity contribution in [1.29, 1.82) is 0 Å². The van der Waals surface area contributed by atoms with Crippen LogP contribution in [0.5, 0.6) is 0 Å². The minimum absolute atomic E-state index is 0.842. The Labute approximate surface area is 101 Å². The predicted octanol–water partition coefficient (Wildman–Crippen LogP) is 2.50. The van der Waals surface area contributed by atoms with Crippen LogP contribution in [0.15, 0.2) is 12.4 Å². The van der Waals surface area contributed by atoms with E-state index in [4.69, 9.17) is 0 Å². The number of hydrogen-bond acceptors (Lipinski definition) is 3. The summed E-state index contributed by atoms with van der Waals surface area (Å²) in [6, 6.07) is 2.08. The van der Waals surface area contributed by atoms with Gasteiger partial charge >= 0.3 is 0 Å². The van der Waals surface area contributed by atoms with Crippen molar-refractivity contribution in [2.75, 3.05) is 18.0 Å². The molecule has 1 N–H and O–H groups in total. The third-order valence-electron chi connectivity index (χ3n) is 3.62. The largest absolute Gasteiger partial charge is 0.355 e. The van der Waals surface area contributed by atoms with Gasteiger partial charge in [-0.3, -0.25) is 0 Å². The van der Waals surface area contributed by atoms with E-state index in [1.807, 2.05) is 0 Å². The number of hydrogen-bond donors (Lipinski definition) is 1. The highest BCUT2D eigenvalue weighted by Crippen LogP contribution is 2.26. The lowest BCUT2D eigenvalue weighted by Crippen LogP contribution is -2.33. The molecule has 3 heterocycles. The SMILES string of the molecule is Cc1cc2ncnc(N3CCC(C)CC3)c2[nH]1. The Hall–Kier alpha value is -1.58. The summed E-state index contributed by atoms with van der Waals surface area (Å²) in [5, 5.41) is 0. The van der Waals surface area contributed by atoms with Crippen molar-refractivity contribution in [1.82, 2.24) is 15.0 Å². The highest BCUT2D eigenvalue weighted by Gasteiger charge is 2.19. The van der Waals surface area contributed by atoms with Crippen molar-refractivity contribution in [3.8, 4) is 0 Å². The first-order chi connectivity index (χ1) is 8.24. The highest BCUT2D eigenvalue weighted by atomic mass is 15.2. The quantitative estimate of drug-likeness (QED) is 0.818. The molecule has 0 radical (unpaired) electrons. The number of fused-ring (bicyclic) bond motifs is 1. The molecular formula is C13H18N4. The summed E-state index contributed by atoms with van der Waals surface area (Å²) >= 11 is 0. The van der Waals surface area contributed by atoms with Crippen molar-refractivity contribution in [2.45, 2.75) is 26.7 Å². The number of aromatic nitrogens is 3. The zero-order valence-corrected chi connectivity index (χ0v) is 10.4. The van der Waals surface area contributed by atoms with E-state index in [1.54, 1.807) is 6.33 Å². The van der Waals surface area contributed by atoms with Crippen LogP contribution in [0.2, 0.25) is 0 Å². The molecule has 1 fully saturated rings. The van der Waals surface area contributed by atoms with Gasteiger partial charge < -0.3 is 9.88 Å². The van der Waals surface area contributed by atoms with Gasteiger partial charge in [-0.1, -0.05) is 6.92 Å². The van der Waals surface area contributed by atoms with Gasteiger partial charge in [0.25, 0.3) is 0 Å². The summed E-state index contributed by atoms with van der Waals surface area (Å²) in [6.45, 7) is 6.59. The average molecular weight is 230 g/mol. The lowest BCUT2D eigenvalue weighted by molar-refractivity contribution is 0.437. The second kappa shape index (κ2) is 4.02. The molecule has 0 aromatic carbocycles. The van der Waals surface area contributed by atoms with E-state index in [2.05, 4.69) is 39.8 Å². The second-order valence-corrected chi connectivity index (χ2v) is 5.08. The number of aryl methyl sites for hydroxylation is 1. The molecule has 0 atom stereocenters. The molecular weight excluding hydrogens is 212 g/mol. The molecule has 1 aliphatic rings. The molecule has 0 aliphatic carbocycles. The summed E-state index contributed by atoms with van der Waals surface area (Å²) in [4.78, 5) is 14.5. The smallest absolute Gasteiger partial charge is 0.156 e.